The molecule has 0 aromatic carbocycles. The van der Waals surface area contributed by atoms with E-state index in [0.29, 0.717) is 13.1 Å². The third kappa shape index (κ3) is 11.7. The molecule has 0 spiro atoms. The molecule has 0 aliphatic carbocycles. The second kappa shape index (κ2) is 11.7. The van der Waals surface area contributed by atoms with Crippen LogP contribution in [0.25, 0.3) is 0 Å². The number of hydrogen-bond donors (Lipinski definition) is 2. The van der Waals surface area contributed by atoms with Gasteiger partial charge in [-0.3, -0.25) is 4.79 Å². The molecule has 0 unspecified atom stereocenters. The molecule has 0 fully saturated rings. The Morgan fingerprint density at radius 1 is 1.23 bits per heavy atom. The fourth-order valence-electron chi connectivity index (χ4n) is 0.668. The molecule has 0 aliphatic rings. The van der Waals surface area contributed by atoms with Crippen molar-refractivity contribution >= 4 is 5.91 Å². The SMILES string of the molecule is CC(=O)N(CCO)CCO.[O]=[Mo]=[O]. The van der Waals surface area contributed by atoms with Gasteiger partial charge in [0.1, 0.15) is 0 Å². The summed E-state index contributed by atoms with van der Waals surface area (Å²) in [5, 5.41) is 16.9. The Hall–Kier alpha value is -0.322. The van der Waals surface area contributed by atoms with E-state index in [2.05, 4.69) is 0 Å². The van der Waals surface area contributed by atoms with E-state index in [1.165, 1.54) is 11.8 Å². The number of aliphatic hydroxyl groups is 2. The molecular formula is C6H13MoNO5. The molecule has 0 radical (unpaired) electrons. The van der Waals surface area contributed by atoms with Crippen LogP contribution in [-0.2, 0) is 30.1 Å². The van der Waals surface area contributed by atoms with Gasteiger partial charge in [0.2, 0.25) is 5.91 Å². The number of carbonyl (C=O) groups excluding carboxylic acids is 1. The zero-order valence-corrected chi connectivity index (χ0v) is 9.31. The van der Waals surface area contributed by atoms with Gasteiger partial charge in [0.05, 0.1) is 13.2 Å². The van der Waals surface area contributed by atoms with E-state index in [4.69, 9.17) is 17.0 Å². The second-order valence-corrected chi connectivity index (χ2v) is 2.36. The van der Waals surface area contributed by atoms with E-state index >= 15 is 0 Å². The maximum atomic E-state index is 10.6. The second-order valence-electron chi connectivity index (χ2n) is 2.02. The zero-order chi connectivity index (χ0) is 10.7. The number of amides is 1. The van der Waals surface area contributed by atoms with Crippen molar-refractivity contribution in [1.82, 2.24) is 4.90 Å². The van der Waals surface area contributed by atoms with Crippen LogP contribution < -0.4 is 0 Å². The number of aliphatic hydroxyl groups excluding tert-OH is 2. The standard InChI is InChI=1S/C6H13NO3.Mo.2O/c1-6(10)7(2-4-8)3-5-9;;;/h8-9H,2-5H2,1H3;;;. The molecule has 1 amide bonds. The summed E-state index contributed by atoms with van der Waals surface area (Å²) in [7, 11) is 0. The first-order chi connectivity index (χ1) is 6.13. The topological polar surface area (TPSA) is 94.9 Å². The summed E-state index contributed by atoms with van der Waals surface area (Å²) >= 11 is -2.03. The summed E-state index contributed by atoms with van der Waals surface area (Å²) in [6.45, 7) is 1.90. The van der Waals surface area contributed by atoms with Gasteiger partial charge in [-0.1, -0.05) is 0 Å². The summed E-state index contributed by atoms with van der Waals surface area (Å²) in [5.41, 5.74) is 0. The third-order valence-electron chi connectivity index (χ3n) is 1.19. The van der Waals surface area contributed by atoms with Gasteiger partial charge < -0.3 is 15.1 Å². The Kier molecular flexibility index (Phi) is 13.6. The molecule has 0 atom stereocenters. The van der Waals surface area contributed by atoms with Crippen LogP contribution in [0, 0.1) is 0 Å². The summed E-state index contributed by atoms with van der Waals surface area (Å²) in [4.78, 5) is 12.0. The summed E-state index contributed by atoms with van der Waals surface area (Å²) < 4.78 is 17.0. The predicted octanol–water partition coefficient (Wildman–Crippen LogP) is -1.42. The van der Waals surface area contributed by atoms with Crippen LogP contribution in [-0.4, -0.2) is 47.3 Å². The van der Waals surface area contributed by atoms with Crippen LogP contribution >= 0.6 is 0 Å². The fraction of sp³-hybridized carbons (Fsp3) is 0.833. The number of rotatable bonds is 4. The molecular weight excluding hydrogens is 262 g/mol. The summed E-state index contributed by atoms with van der Waals surface area (Å²) in [6, 6.07) is 0. The molecule has 0 saturated carbocycles. The fourth-order valence-corrected chi connectivity index (χ4v) is 0.668. The summed E-state index contributed by atoms with van der Waals surface area (Å²) in [6.07, 6.45) is 0. The minimum absolute atomic E-state index is 0.0560. The van der Waals surface area contributed by atoms with E-state index in [1.54, 1.807) is 0 Å². The van der Waals surface area contributed by atoms with Crippen molar-refractivity contribution in [3.63, 3.8) is 0 Å². The Morgan fingerprint density at radius 3 is 1.69 bits per heavy atom. The molecule has 7 heteroatoms. The molecule has 13 heavy (non-hydrogen) atoms. The van der Waals surface area contributed by atoms with Gasteiger partial charge in [0.15, 0.2) is 0 Å². The molecule has 78 valence electrons. The average molecular weight is 275 g/mol. The van der Waals surface area contributed by atoms with Gasteiger partial charge in [-0.25, -0.2) is 0 Å². The maximum absolute atomic E-state index is 10.6. The van der Waals surface area contributed by atoms with Crippen LogP contribution in [0.5, 0.6) is 0 Å². The molecule has 2 N–H and O–H groups in total. The van der Waals surface area contributed by atoms with Crippen LogP contribution in [0.3, 0.4) is 0 Å². The molecule has 0 aromatic rings. The Bertz CT molecular complexity index is 162. The first-order valence-electron chi connectivity index (χ1n) is 3.53. The Labute approximate surface area is 84.7 Å². The number of carbonyl (C=O) groups is 1. The number of nitrogens with zero attached hydrogens (tertiary/aromatic N) is 1. The molecule has 0 aliphatic heterocycles. The van der Waals surface area contributed by atoms with E-state index in [9.17, 15) is 4.79 Å². The van der Waals surface area contributed by atoms with Crippen LogP contribution in [0.4, 0.5) is 0 Å². The Morgan fingerprint density at radius 2 is 1.54 bits per heavy atom. The van der Waals surface area contributed by atoms with Crippen LogP contribution in [0.1, 0.15) is 6.92 Å². The third-order valence-corrected chi connectivity index (χ3v) is 1.19. The van der Waals surface area contributed by atoms with Crippen molar-refractivity contribution in [2.24, 2.45) is 0 Å². The molecule has 0 bridgehead atoms. The first kappa shape index (κ1) is 15.2. The minimum atomic E-state index is -2.03. The van der Waals surface area contributed by atoms with Crippen molar-refractivity contribution in [3.05, 3.63) is 0 Å². The summed E-state index contributed by atoms with van der Waals surface area (Å²) in [5.74, 6) is -0.122. The van der Waals surface area contributed by atoms with Crippen LogP contribution in [0.2, 0.25) is 0 Å². The Balaban J connectivity index is 0. The van der Waals surface area contributed by atoms with Crippen molar-refractivity contribution < 1.29 is 40.3 Å². The van der Waals surface area contributed by atoms with Gasteiger partial charge >= 0.3 is 25.3 Å². The van der Waals surface area contributed by atoms with Gasteiger partial charge in [-0.05, 0) is 0 Å². The van der Waals surface area contributed by atoms with Gasteiger partial charge in [0, 0.05) is 20.0 Å². The molecule has 0 saturated heterocycles. The van der Waals surface area contributed by atoms with Gasteiger partial charge in [0.25, 0.3) is 0 Å². The van der Waals surface area contributed by atoms with Crippen molar-refractivity contribution in [2.75, 3.05) is 26.3 Å². The van der Waals surface area contributed by atoms with Gasteiger partial charge in [-0.2, -0.15) is 0 Å². The van der Waals surface area contributed by atoms with E-state index in [1.807, 2.05) is 0 Å². The van der Waals surface area contributed by atoms with Gasteiger partial charge in [-0.15, -0.1) is 0 Å². The van der Waals surface area contributed by atoms with E-state index in [-0.39, 0.29) is 19.1 Å². The zero-order valence-electron chi connectivity index (χ0n) is 7.30. The van der Waals surface area contributed by atoms with Crippen molar-refractivity contribution in [1.29, 1.82) is 0 Å². The normalized spacial score (nSPS) is 8.23. The predicted molar refractivity (Wildman–Crippen MR) is 37.8 cm³/mol. The first-order valence-corrected chi connectivity index (χ1v) is 5.16. The van der Waals surface area contributed by atoms with E-state index < -0.39 is 18.5 Å². The van der Waals surface area contributed by atoms with Crippen LogP contribution in [0.15, 0.2) is 0 Å². The van der Waals surface area contributed by atoms with E-state index in [0.717, 1.165) is 0 Å². The molecule has 0 heterocycles. The quantitative estimate of drug-likeness (QED) is 0.614. The molecule has 0 aromatic heterocycles. The molecule has 6 nitrogen and oxygen atoms in total. The monoisotopic (exact) mass is 277 g/mol. The van der Waals surface area contributed by atoms with Crippen molar-refractivity contribution in [3.8, 4) is 0 Å². The van der Waals surface area contributed by atoms with Crippen molar-refractivity contribution in [2.45, 2.75) is 6.92 Å². The number of hydrogen-bond acceptors (Lipinski definition) is 5. The molecule has 0 rings (SSSR count). The average Bonchev–Trinajstić information content (AvgIpc) is 2.05.